The first kappa shape index (κ1) is 46.3. The molecule has 0 aliphatic carbocycles. The fourth-order valence-electron chi connectivity index (χ4n) is 7.02. The lowest BCUT2D eigenvalue weighted by molar-refractivity contribution is -0.169. The molecule has 1 saturated heterocycles. The highest BCUT2D eigenvalue weighted by atomic mass is 32.2. The molecule has 312 valence electrons. The van der Waals surface area contributed by atoms with E-state index >= 15 is 0 Å². The Hall–Kier alpha value is -3.13. The Balaban J connectivity index is 1.84. The number of fused-ring (bicyclic) bond motifs is 1. The highest BCUT2D eigenvalue weighted by molar-refractivity contribution is 7.98. The molecular weight excluding hydrogens is 723 g/mol. The van der Waals surface area contributed by atoms with Crippen LogP contribution in [0.3, 0.4) is 0 Å². The molecule has 0 amide bonds. The molecule has 3 N–H and O–H groups in total. The summed E-state index contributed by atoms with van der Waals surface area (Å²) in [4.78, 5) is 64.1. The van der Waals surface area contributed by atoms with Crippen molar-refractivity contribution in [1.29, 1.82) is 0 Å². The van der Waals surface area contributed by atoms with Crippen LogP contribution >= 0.6 is 11.8 Å². The van der Waals surface area contributed by atoms with Gasteiger partial charge in [-0.05, 0) is 25.5 Å². The summed E-state index contributed by atoms with van der Waals surface area (Å²) in [7, 11) is 0. The smallest absolute Gasteiger partial charge is 0.306 e. The second-order valence-electron chi connectivity index (χ2n) is 14.9. The number of esters is 3. The molecule has 0 unspecified atom stereocenters. The number of imidazole rings is 1. The van der Waals surface area contributed by atoms with Crippen molar-refractivity contribution in [3.63, 3.8) is 0 Å². The van der Waals surface area contributed by atoms with Crippen molar-refractivity contribution in [1.82, 2.24) is 19.5 Å². The van der Waals surface area contributed by atoms with Crippen LogP contribution in [-0.4, -0.2) is 68.6 Å². The molecule has 0 spiro atoms. The molecule has 1 aliphatic rings. The zero-order valence-electron chi connectivity index (χ0n) is 34.1. The van der Waals surface area contributed by atoms with Gasteiger partial charge in [0, 0.05) is 19.3 Å². The average Bonchev–Trinajstić information content (AvgIpc) is 3.69. The van der Waals surface area contributed by atoms with Crippen LogP contribution in [0.5, 0.6) is 0 Å². The number of aromatic amines is 1. The van der Waals surface area contributed by atoms with Gasteiger partial charge in [0.1, 0.15) is 12.7 Å². The van der Waals surface area contributed by atoms with Gasteiger partial charge < -0.3 is 24.7 Å². The number of nitrogens with one attached hydrogen (secondary N) is 1. The monoisotopic (exact) mass is 791 g/mol. The van der Waals surface area contributed by atoms with Gasteiger partial charge >= 0.3 is 17.9 Å². The molecule has 0 aromatic carbocycles. The van der Waals surface area contributed by atoms with Crippen LogP contribution in [0.15, 0.2) is 9.95 Å². The Morgan fingerprint density at radius 3 is 1.64 bits per heavy atom. The van der Waals surface area contributed by atoms with Gasteiger partial charge in [0.2, 0.25) is 5.95 Å². The molecule has 55 heavy (non-hydrogen) atoms. The fourth-order valence-corrected chi connectivity index (χ4v) is 7.59. The van der Waals surface area contributed by atoms with Crippen molar-refractivity contribution in [3.8, 4) is 0 Å². The molecule has 2 aromatic rings. The molecular formula is C41H69N5O8S. The number of hydrogen-bond acceptors (Lipinski definition) is 12. The lowest BCUT2D eigenvalue weighted by Gasteiger charge is -2.25. The molecule has 13 nitrogen and oxygen atoms in total. The lowest BCUT2D eigenvalue weighted by atomic mass is 10.1. The third-order valence-corrected chi connectivity index (χ3v) is 10.8. The van der Waals surface area contributed by atoms with Gasteiger partial charge in [-0.1, -0.05) is 148 Å². The van der Waals surface area contributed by atoms with E-state index in [1.54, 1.807) is 10.8 Å². The molecule has 2 aromatic heterocycles. The van der Waals surface area contributed by atoms with Gasteiger partial charge in [-0.2, -0.15) is 4.98 Å². The molecule has 4 atom stereocenters. The van der Waals surface area contributed by atoms with E-state index in [9.17, 15) is 19.2 Å². The number of carbonyl (C=O) groups excluding carboxylic acids is 3. The third kappa shape index (κ3) is 16.1. The second-order valence-corrected chi connectivity index (χ2v) is 15.6. The molecule has 1 fully saturated rings. The maximum absolute atomic E-state index is 13.5. The minimum absolute atomic E-state index is 0.0346. The van der Waals surface area contributed by atoms with Crippen LogP contribution in [0.4, 0.5) is 5.95 Å². The minimum atomic E-state index is -1.15. The summed E-state index contributed by atoms with van der Waals surface area (Å²) in [6.07, 6.45) is 20.1. The van der Waals surface area contributed by atoms with E-state index in [4.69, 9.17) is 24.7 Å². The first-order valence-corrected chi connectivity index (χ1v) is 22.5. The van der Waals surface area contributed by atoms with Crippen LogP contribution in [0.25, 0.3) is 11.2 Å². The summed E-state index contributed by atoms with van der Waals surface area (Å²) in [6, 6.07) is 0. The van der Waals surface area contributed by atoms with Crippen LogP contribution in [0.2, 0.25) is 0 Å². The predicted molar refractivity (Wildman–Crippen MR) is 217 cm³/mol. The molecule has 0 saturated carbocycles. The zero-order valence-corrected chi connectivity index (χ0v) is 34.9. The van der Waals surface area contributed by atoms with Crippen LogP contribution in [0, 0.1) is 0 Å². The SMILES string of the molecule is CCCCCCCCCC(=O)OC[C@H]1O[C@@H](n2c(SC)nc3c(=O)[nH]c(N)nc32)[C@H](OC(=O)CCCCCCCCC)[C@@H]1OC(=O)CCCCCCCCC. The van der Waals surface area contributed by atoms with E-state index in [0.717, 1.165) is 57.8 Å². The standard InChI is InChI=1S/C41H69N5O8S/c1-5-8-11-14-17-20-23-26-31(47)51-29-30-35(53-32(48)27-24-21-18-15-12-9-6-2)36(54-33(49)28-25-22-19-16-13-10-7-3)39(52-30)46-37-34(43-41(46)55-4)38(50)45-40(42)44-37/h30,35-36,39H,5-29H2,1-4H3,(H3,42,44,45,50)/t30-,35-,36-,39-/m1/s1. The van der Waals surface area contributed by atoms with Gasteiger partial charge in [-0.15, -0.1) is 0 Å². The zero-order chi connectivity index (χ0) is 39.8. The Bertz CT molecular complexity index is 1480. The van der Waals surface area contributed by atoms with E-state index in [0.29, 0.717) is 24.4 Å². The van der Waals surface area contributed by atoms with Crippen LogP contribution < -0.4 is 11.3 Å². The second kappa shape index (κ2) is 26.7. The summed E-state index contributed by atoms with van der Waals surface area (Å²) in [5.41, 5.74) is 5.61. The summed E-state index contributed by atoms with van der Waals surface area (Å²) < 4.78 is 26.1. The normalized spacial score (nSPS) is 18.2. The molecule has 0 bridgehead atoms. The van der Waals surface area contributed by atoms with Crippen molar-refractivity contribution in [2.45, 2.75) is 205 Å². The predicted octanol–water partition coefficient (Wildman–Crippen LogP) is 9.11. The molecule has 14 heteroatoms. The maximum atomic E-state index is 13.5. The fraction of sp³-hybridized carbons (Fsp3) is 0.805. The number of ether oxygens (including phenoxy) is 4. The Kier molecular flexibility index (Phi) is 22.4. The number of nitrogens with two attached hydrogens (primary N) is 1. The summed E-state index contributed by atoms with van der Waals surface area (Å²) >= 11 is 1.25. The number of carbonyl (C=O) groups is 3. The number of aromatic nitrogens is 4. The van der Waals surface area contributed by atoms with E-state index in [2.05, 4.69) is 35.7 Å². The van der Waals surface area contributed by atoms with Gasteiger partial charge in [0.05, 0.1) is 0 Å². The van der Waals surface area contributed by atoms with Crippen molar-refractivity contribution in [3.05, 3.63) is 10.4 Å². The lowest BCUT2D eigenvalue weighted by Crippen LogP contribution is -2.41. The summed E-state index contributed by atoms with van der Waals surface area (Å²) in [5, 5.41) is 0.362. The molecule has 3 rings (SSSR count). The van der Waals surface area contributed by atoms with Gasteiger partial charge in [0.25, 0.3) is 5.56 Å². The first-order chi connectivity index (χ1) is 26.7. The van der Waals surface area contributed by atoms with Gasteiger partial charge in [-0.25, -0.2) is 4.98 Å². The van der Waals surface area contributed by atoms with Crippen LogP contribution in [-0.2, 0) is 33.3 Å². The van der Waals surface area contributed by atoms with Crippen molar-refractivity contribution in [2.24, 2.45) is 0 Å². The first-order valence-electron chi connectivity index (χ1n) is 21.3. The number of nitrogens with zero attached hydrogens (tertiary/aromatic N) is 3. The number of rotatable bonds is 30. The number of hydrogen-bond donors (Lipinski definition) is 2. The average molecular weight is 792 g/mol. The van der Waals surface area contributed by atoms with Crippen LogP contribution in [0.1, 0.15) is 181 Å². The highest BCUT2D eigenvalue weighted by Gasteiger charge is 2.52. The topological polar surface area (TPSA) is 178 Å². The number of H-pyrrole nitrogens is 1. The summed E-state index contributed by atoms with van der Waals surface area (Å²) in [5.74, 6) is -1.41. The molecule has 3 heterocycles. The maximum Gasteiger partial charge on any atom is 0.306 e. The van der Waals surface area contributed by atoms with Crippen molar-refractivity contribution < 1.29 is 33.3 Å². The Labute approximate surface area is 332 Å². The minimum Gasteiger partial charge on any atom is -0.463 e. The summed E-state index contributed by atoms with van der Waals surface area (Å²) in [6.45, 7) is 6.33. The Morgan fingerprint density at radius 1 is 0.691 bits per heavy atom. The third-order valence-electron chi connectivity index (χ3n) is 10.2. The van der Waals surface area contributed by atoms with E-state index in [-0.39, 0.29) is 49.0 Å². The van der Waals surface area contributed by atoms with E-state index in [1.165, 1.54) is 69.5 Å². The van der Waals surface area contributed by atoms with Crippen molar-refractivity contribution >= 4 is 46.8 Å². The quantitative estimate of drug-likeness (QED) is 0.0332. The van der Waals surface area contributed by atoms with Gasteiger partial charge in [-0.3, -0.25) is 28.7 Å². The Morgan fingerprint density at radius 2 is 1.15 bits per heavy atom. The highest BCUT2D eigenvalue weighted by Crippen LogP contribution is 2.39. The number of unbranched alkanes of at least 4 members (excludes halogenated alkanes) is 18. The number of thioether (sulfide) groups is 1. The number of nitrogen functional groups attached to an aromatic ring is 1. The van der Waals surface area contributed by atoms with Crippen molar-refractivity contribution in [2.75, 3.05) is 18.6 Å². The van der Waals surface area contributed by atoms with E-state index < -0.39 is 42.0 Å². The van der Waals surface area contributed by atoms with Gasteiger partial charge in [0.15, 0.2) is 34.8 Å². The molecule has 0 radical (unpaired) electrons. The largest absolute Gasteiger partial charge is 0.463 e. The number of anilines is 1. The molecule has 1 aliphatic heterocycles. The van der Waals surface area contributed by atoms with E-state index in [1.807, 2.05) is 0 Å².